The second-order valence-electron chi connectivity index (χ2n) is 9.59. The van der Waals surface area contributed by atoms with Gasteiger partial charge in [0.05, 0.1) is 17.3 Å². The third kappa shape index (κ3) is 4.67. The van der Waals surface area contributed by atoms with E-state index in [0.29, 0.717) is 24.3 Å². The molecule has 170 valence electrons. The van der Waals surface area contributed by atoms with Crippen LogP contribution in [0.1, 0.15) is 55.2 Å². The lowest BCUT2D eigenvalue weighted by Gasteiger charge is -2.30. The highest BCUT2D eigenvalue weighted by Crippen LogP contribution is 2.30. The van der Waals surface area contributed by atoms with Crippen molar-refractivity contribution in [3.8, 4) is 23.0 Å². The van der Waals surface area contributed by atoms with Gasteiger partial charge in [0, 0.05) is 24.7 Å². The molecule has 33 heavy (non-hydrogen) atoms. The van der Waals surface area contributed by atoms with Crippen molar-refractivity contribution in [2.24, 2.45) is 5.73 Å². The molecule has 2 N–H and O–H groups in total. The number of nitriles is 1. The van der Waals surface area contributed by atoms with E-state index in [4.69, 9.17) is 11.0 Å². The van der Waals surface area contributed by atoms with Gasteiger partial charge in [0.15, 0.2) is 5.69 Å². The molecule has 7 heteroatoms. The van der Waals surface area contributed by atoms with Crippen LogP contribution in [0, 0.1) is 17.1 Å². The molecule has 3 aromatic rings. The van der Waals surface area contributed by atoms with Crippen LogP contribution in [0.5, 0.6) is 0 Å². The van der Waals surface area contributed by atoms with Gasteiger partial charge in [-0.2, -0.15) is 10.4 Å². The lowest BCUT2D eigenvalue weighted by Crippen LogP contribution is -2.45. The maximum absolute atomic E-state index is 15.3. The van der Waals surface area contributed by atoms with E-state index in [1.165, 1.54) is 10.7 Å². The highest BCUT2D eigenvalue weighted by Gasteiger charge is 2.26. The Morgan fingerprint density at radius 2 is 1.91 bits per heavy atom. The first-order valence-corrected chi connectivity index (χ1v) is 11.1. The van der Waals surface area contributed by atoms with Gasteiger partial charge in [-0.05, 0) is 54.2 Å². The van der Waals surface area contributed by atoms with Crippen LogP contribution in [0.3, 0.4) is 0 Å². The number of aromatic nitrogens is 2. The number of rotatable bonds is 3. The molecule has 0 unspecified atom stereocenters. The predicted molar refractivity (Wildman–Crippen MR) is 125 cm³/mol. The summed E-state index contributed by atoms with van der Waals surface area (Å²) in [5.41, 5.74) is 9.05. The molecular formula is C26H28FN5O. The second-order valence-corrected chi connectivity index (χ2v) is 9.59. The third-order valence-corrected chi connectivity index (χ3v) is 6.03. The van der Waals surface area contributed by atoms with Gasteiger partial charge in [-0.15, -0.1) is 0 Å². The Morgan fingerprint density at radius 3 is 2.52 bits per heavy atom. The number of benzene rings is 2. The normalized spacial score (nSPS) is 16.5. The number of carbonyl (C=O) groups excluding carboxylic acids is 1. The van der Waals surface area contributed by atoms with Gasteiger partial charge >= 0.3 is 0 Å². The summed E-state index contributed by atoms with van der Waals surface area (Å²) in [6.07, 6.45) is 1.74. The predicted octanol–water partition coefficient (Wildman–Crippen LogP) is 4.41. The van der Waals surface area contributed by atoms with Gasteiger partial charge in [0.1, 0.15) is 11.5 Å². The molecule has 1 aliphatic heterocycles. The molecule has 6 nitrogen and oxygen atoms in total. The molecule has 0 spiro atoms. The van der Waals surface area contributed by atoms with Crippen molar-refractivity contribution in [1.82, 2.24) is 14.7 Å². The van der Waals surface area contributed by atoms with E-state index in [-0.39, 0.29) is 28.7 Å². The van der Waals surface area contributed by atoms with Crippen LogP contribution in [0.2, 0.25) is 0 Å². The van der Waals surface area contributed by atoms with Crippen LogP contribution in [0.4, 0.5) is 4.39 Å². The minimum Gasteiger partial charge on any atom is -0.336 e. The number of piperidine rings is 1. The highest BCUT2D eigenvalue weighted by atomic mass is 19.1. The lowest BCUT2D eigenvalue weighted by molar-refractivity contribution is 0.0702. The molecule has 2 aromatic carbocycles. The Morgan fingerprint density at radius 1 is 1.18 bits per heavy atom. The smallest absolute Gasteiger partial charge is 0.274 e. The molecule has 0 aliphatic carbocycles. The fraction of sp³-hybridized carbons (Fsp3) is 0.346. The molecule has 0 bridgehead atoms. The molecule has 1 fully saturated rings. The molecule has 1 saturated heterocycles. The van der Waals surface area contributed by atoms with E-state index in [2.05, 4.69) is 11.2 Å². The fourth-order valence-electron chi connectivity index (χ4n) is 4.09. The van der Waals surface area contributed by atoms with Crippen molar-refractivity contribution in [3.05, 3.63) is 71.2 Å². The van der Waals surface area contributed by atoms with Crippen molar-refractivity contribution < 1.29 is 9.18 Å². The summed E-state index contributed by atoms with van der Waals surface area (Å²) in [5.74, 6) is -0.634. The summed E-state index contributed by atoms with van der Waals surface area (Å²) in [4.78, 5) is 14.9. The second kappa shape index (κ2) is 8.80. The lowest BCUT2D eigenvalue weighted by atomic mass is 9.87. The number of amides is 1. The van der Waals surface area contributed by atoms with Gasteiger partial charge in [-0.3, -0.25) is 4.79 Å². The van der Waals surface area contributed by atoms with Gasteiger partial charge in [-0.25, -0.2) is 9.07 Å². The highest BCUT2D eigenvalue weighted by molar-refractivity contribution is 5.93. The van der Waals surface area contributed by atoms with E-state index in [0.717, 1.165) is 24.0 Å². The number of nitrogens with zero attached hydrogens (tertiary/aromatic N) is 4. The van der Waals surface area contributed by atoms with Gasteiger partial charge < -0.3 is 10.6 Å². The quantitative estimate of drug-likeness (QED) is 0.647. The number of hydrogen-bond acceptors (Lipinski definition) is 4. The standard InChI is InChI=1S/C26H28FN5O/c1-26(2,3)19-10-11-23(21(27)13-19)32-24(18-8-6-17(15-28)7-9-18)14-22(30-32)25(33)31-12-4-5-20(29)16-31/h6-11,13-14,20H,4-5,12,16,29H2,1-3H3/t20-/m1/s1. The minimum atomic E-state index is -0.417. The zero-order chi connectivity index (χ0) is 23.8. The van der Waals surface area contributed by atoms with Crippen LogP contribution in [-0.4, -0.2) is 39.7 Å². The van der Waals surface area contributed by atoms with Gasteiger partial charge in [0.2, 0.25) is 0 Å². The van der Waals surface area contributed by atoms with Crippen LogP contribution in [-0.2, 0) is 5.41 Å². The fourth-order valence-corrected chi connectivity index (χ4v) is 4.09. The van der Waals surface area contributed by atoms with Crippen molar-refractivity contribution in [3.63, 3.8) is 0 Å². The maximum atomic E-state index is 15.3. The molecule has 1 amide bonds. The van der Waals surface area contributed by atoms with E-state index in [1.807, 2.05) is 26.8 Å². The summed E-state index contributed by atoms with van der Waals surface area (Å²) >= 11 is 0. The summed E-state index contributed by atoms with van der Waals surface area (Å²) in [5, 5.41) is 13.7. The first-order chi connectivity index (χ1) is 15.7. The van der Waals surface area contributed by atoms with Crippen LogP contribution in [0.15, 0.2) is 48.5 Å². The van der Waals surface area contributed by atoms with E-state index in [1.54, 1.807) is 41.3 Å². The van der Waals surface area contributed by atoms with Gasteiger partial charge in [-0.1, -0.05) is 39.0 Å². The first kappa shape index (κ1) is 22.7. The Kier molecular flexibility index (Phi) is 6.05. The molecule has 0 radical (unpaired) electrons. The third-order valence-electron chi connectivity index (χ3n) is 6.03. The summed E-state index contributed by atoms with van der Waals surface area (Å²) < 4.78 is 16.8. The average molecular weight is 446 g/mol. The monoisotopic (exact) mass is 445 g/mol. The van der Waals surface area contributed by atoms with Crippen molar-refractivity contribution in [2.45, 2.75) is 45.1 Å². The number of likely N-dealkylation sites (tertiary alicyclic amines) is 1. The Bertz CT molecular complexity index is 1220. The molecule has 0 saturated carbocycles. The van der Waals surface area contributed by atoms with E-state index in [9.17, 15) is 4.79 Å². The van der Waals surface area contributed by atoms with Gasteiger partial charge in [0.25, 0.3) is 5.91 Å². The van der Waals surface area contributed by atoms with Crippen LogP contribution < -0.4 is 5.73 Å². The average Bonchev–Trinajstić information content (AvgIpc) is 3.23. The zero-order valence-electron chi connectivity index (χ0n) is 19.2. The van der Waals surface area contributed by atoms with Crippen LogP contribution in [0.25, 0.3) is 16.9 Å². The summed E-state index contributed by atoms with van der Waals surface area (Å²) in [7, 11) is 0. The number of halogens is 1. The molecule has 1 aromatic heterocycles. The largest absolute Gasteiger partial charge is 0.336 e. The van der Waals surface area contributed by atoms with Crippen LogP contribution >= 0.6 is 0 Å². The topological polar surface area (TPSA) is 87.9 Å². The SMILES string of the molecule is CC(C)(C)c1ccc(-n2nc(C(=O)N3CCC[C@@H](N)C3)cc2-c2ccc(C#N)cc2)c(F)c1. The van der Waals surface area contributed by atoms with E-state index >= 15 is 4.39 Å². The van der Waals surface area contributed by atoms with Crippen molar-refractivity contribution >= 4 is 5.91 Å². The van der Waals surface area contributed by atoms with Crippen molar-refractivity contribution in [2.75, 3.05) is 13.1 Å². The van der Waals surface area contributed by atoms with E-state index < -0.39 is 5.82 Å². The summed E-state index contributed by atoms with van der Waals surface area (Å²) in [6, 6.07) is 15.8. The maximum Gasteiger partial charge on any atom is 0.274 e. The Labute approximate surface area is 193 Å². The molecule has 2 heterocycles. The molecule has 4 rings (SSSR count). The zero-order valence-corrected chi connectivity index (χ0v) is 19.2. The number of hydrogen-bond donors (Lipinski definition) is 1. The molecule has 1 atom stereocenters. The Hall–Kier alpha value is -3.50. The summed E-state index contributed by atoms with van der Waals surface area (Å²) in [6.45, 7) is 7.18. The number of carbonyl (C=O) groups is 1. The Balaban J connectivity index is 1.81. The minimum absolute atomic E-state index is 0.0508. The molecule has 1 aliphatic rings. The molecular weight excluding hydrogens is 417 g/mol. The van der Waals surface area contributed by atoms with Crippen molar-refractivity contribution in [1.29, 1.82) is 5.26 Å². The first-order valence-electron chi connectivity index (χ1n) is 11.1. The number of nitrogens with two attached hydrogens (primary N) is 1.